The monoisotopic (exact) mass is 382 g/mol. The maximum absolute atomic E-state index is 6.22. The number of thiazole rings is 1. The summed E-state index contributed by atoms with van der Waals surface area (Å²) in [5, 5.41) is 1.07. The molecule has 1 saturated heterocycles. The Balaban J connectivity index is 1.38. The average molecular weight is 383 g/mol. The highest BCUT2D eigenvalue weighted by Gasteiger charge is 2.25. The predicted octanol–water partition coefficient (Wildman–Crippen LogP) is 4.62. The Labute approximate surface area is 164 Å². The van der Waals surface area contributed by atoms with Crippen molar-refractivity contribution >= 4 is 21.7 Å². The number of aromatic nitrogens is 3. The van der Waals surface area contributed by atoms with Crippen molar-refractivity contribution in [1.82, 2.24) is 19.9 Å². The lowest BCUT2D eigenvalue weighted by molar-refractivity contribution is 0.0786. The predicted molar refractivity (Wildman–Crippen MR) is 110 cm³/mol. The zero-order chi connectivity index (χ0) is 19.0. The van der Waals surface area contributed by atoms with Crippen LogP contribution in [0.3, 0.4) is 0 Å². The first-order valence-electron chi connectivity index (χ1n) is 9.58. The molecule has 0 aliphatic carbocycles. The van der Waals surface area contributed by atoms with Crippen molar-refractivity contribution in [2.24, 2.45) is 0 Å². The van der Waals surface area contributed by atoms with E-state index in [1.807, 2.05) is 32.9 Å². The van der Waals surface area contributed by atoms with Crippen molar-refractivity contribution in [3.8, 4) is 5.75 Å². The fraction of sp³-hybridized carbons (Fsp3) is 0.476. The maximum atomic E-state index is 6.22. The van der Waals surface area contributed by atoms with Gasteiger partial charge >= 0.3 is 0 Å². The Morgan fingerprint density at radius 3 is 2.44 bits per heavy atom. The average Bonchev–Trinajstić information content (AvgIpc) is 3.00. The first-order chi connectivity index (χ1) is 13.0. The minimum Gasteiger partial charge on any atom is -0.490 e. The van der Waals surface area contributed by atoms with Crippen LogP contribution in [0.25, 0.3) is 10.3 Å². The van der Waals surface area contributed by atoms with Crippen LogP contribution >= 0.6 is 11.3 Å². The molecule has 0 amide bonds. The zero-order valence-electron chi connectivity index (χ0n) is 16.4. The number of ether oxygens (including phenoxy) is 1. The van der Waals surface area contributed by atoms with E-state index in [-0.39, 0.29) is 6.10 Å². The molecule has 4 rings (SSSR count). The van der Waals surface area contributed by atoms with Gasteiger partial charge in [0.05, 0.1) is 15.4 Å². The maximum Gasteiger partial charge on any atom is 0.170 e. The molecule has 4 heterocycles. The molecule has 3 aromatic rings. The summed E-state index contributed by atoms with van der Waals surface area (Å²) in [4.78, 5) is 16.3. The van der Waals surface area contributed by atoms with Crippen LogP contribution in [0.5, 0.6) is 5.75 Å². The van der Waals surface area contributed by atoms with Crippen LogP contribution in [-0.2, 0) is 0 Å². The highest BCUT2D eigenvalue weighted by molar-refractivity contribution is 7.18. The number of likely N-dealkylation sites (tertiary alicyclic amines) is 1. The third-order valence-electron chi connectivity index (χ3n) is 5.19. The Bertz CT molecular complexity index is 926. The molecular weight excluding hydrogens is 356 g/mol. The normalized spacial score (nSPS) is 17.3. The minimum absolute atomic E-state index is 0.270. The molecular formula is C21H26N4OS. The summed E-state index contributed by atoms with van der Waals surface area (Å²) in [6.07, 6.45) is 2.33. The Morgan fingerprint density at radius 2 is 1.74 bits per heavy atom. The smallest absolute Gasteiger partial charge is 0.170 e. The lowest BCUT2D eigenvalue weighted by atomic mass is 10.0. The van der Waals surface area contributed by atoms with Gasteiger partial charge in [-0.15, -0.1) is 11.3 Å². The first kappa shape index (κ1) is 18.3. The lowest BCUT2D eigenvalue weighted by Gasteiger charge is -2.35. The van der Waals surface area contributed by atoms with Crippen molar-refractivity contribution in [2.45, 2.75) is 52.7 Å². The topological polar surface area (TPSA) is 51.1 Å². The van der Waals surface area contributed by atoms with Crippen LogP contribution in [0.1, 0.15) is 47.9 Å². The van der Waals surface area contributed by atoms with E-state index < -0.39 is 0 Å². The van der Waals surface area contributed by atoms with Crippen LogP contribution in [0.4, 0.5) is 0 Å². The third kappa shape index (κ3) is 4.12. The summed E-state index contributed by atoms with van der Waals surface area (Å²) < 4.78 is 7.39. The minimum atomic E-state index is 0.270. The number of aryl methyl sites for hydroxylation is 3. The number of hydrogen-bond acceptors (Lipinski definition) is 6. The Morgan fingerprint density at radius 1 is 1.04 bits per heavy atom. The van der Waals surface area contributed by atoms with Crippen LogP contribution in [-0.4, -0.2) is 39.0 Å². The molecule has 1 atom stereocenters. The molecule has 142 valence electrons. The molecule has 0 spiro atoms. The van der Waals surface area contributed by atoms with Crippen molar-refractivity contribution in [1.29, 1.82) is 0 Å². The Kier molecular flexibility index (Phi) is 5.10. The molecule has 0 N–H and O–H groups in total. The summed E-state index contributed by atoms with van der Waals surface area (Å²) in [6.45, 7) is 10.3. The SMILES string of the molecule is Cc1cc(OC2CCN([C@@H](C)c3ccc4sc(C)nc4n3)CC2)cc(C)n1. The first-order valence-corrected chi connectivity index (χ1v) is 10.4. The van der Waals surface area contributed by atoms with Crippen LogP contribution in [0, 0.1) is 20.8 Å². The van der Waals surface area contributed by atoms with Crippen LogP contribution < -0.4 is 4.74 Å². The van der Waals surface area contributed by atoms with Gasteiger partial charge < -0.3 is 4.74 Å². The van der Waals surface area contributed by atoms with E-state index in [9.17, 15) is 0 Å². The van der Waals surface area contributed by atoms with Crippen molar-refractivity contribution in [3.05, 3.63) is 46.4 Å². The molecule has 1 aliphatic heterocycles. The van der Waals surface area contributed by atoms with Gasteiger partial charge in [-0.25, -0.2) is 9.97 Å². The highest BCUT2D eigenvalue weighted by atomic mass is 32.1. The van der Waals surface area contributed by atoms with Gasteiger partial charge in [0, 0.05) is 42.7 Å². The van der Waals surface area contributed by atoms with E-state index in [4.69, 9.17) is 9.72 Å². The highest BCUT2D eigenvalue weighted by Crippen LogP contribution is 2.28. The van der Waals surface area contributed by atoms with Gasteiger partial charge in [0.25, 0.3) is 0 Å². The van der Waals surface area contributed by atoms with Gasteiger partial charge in [-0.2, -0.15) is 0 Å². The van der Waals surface area contributed by atoms with Gasteiger partial charge in [-0.3, -0.25) is 9.88 Å². The molecule has 0 aromatic carbocycles. The quantitative estimate of drug-likeness (QED) is 0.659. The summed E-state index contributed by atoms with van der Waals surface area (Å²) in [6, 6.07) is 8.65. The summed E-state index contributed by atoms with van der Waals surface area (Å²) in [5.74, 6) is 0.942. The summed E-state index contributed by atoms with van der Waals surface area (Å²) >= 11 is 1.70. The summed E-state index contributed by atoms with van der Waals surface area (Å²) in [7, 11) is 0. The molecule has 3 aromatic heterocycles. The van der Waals surface area contributed by atoms with E-state index in [0.29, 0.717) is 6.04 Å². The fourth-order valence-corrected chi connectivity index (χ4v) is 4.57. The van der Waals surface area contributed by atoms with Crippen LogP contribution in [0.2, 0.25) is 0 Å². The number of rotatable bonds is 4. The second-order valence-electron chi connectivity index (χ2n) is 7.41. The second-order valence-corrected chi connectivity index (χ2v) is 8.64. The number of piperidine rings is 1. The Hall–Kier alpha value is -2.05. The molecule has 1 fully saturated rings. The van der Waals surface area contributed by atoms with Crippen molar-refractivity contribution in [2.75, 3.05) is 13.1 Å². The third-order valence-corrected chi connectivity index (χ3v) is 6.12. The molecule has 1 aliphatic rings. The lowest BCUT2D eigenvalue weighted by Crippen LogP contribution is -2.39. The molecule has 0 saturated carbocycles. The molecule has 5 nitrogen and oxygen atoms in total. The second kappa shape index (κ2) is 7.52. The number of hydrogen-bond donors (Lipinski definition) is 0. The van der Waals surface area contributed by atoms with Crippen molar-refractivity contribution < 1.29 is 4.74 Å². The van der Waals surface area contributed by atoms with Gasteiger partial charge in [0.1, 0.15) is 11.9 Å². The van der Waals surface area contributed by atoms with Gasteiger partial charge in [-0.1, -0.05) is 0 Å². The largest absolute Gasteiger partial charge is 0.490 e. The number of fused-ring (bicyclic) bond motifs is 1. The number of nitrogens with zero attached hydrogens (tertiary/aromatic N) is 4. The van der Waals surface area contributed by atoms with E-state index in [2.05, 4.69) is 33.9 Å². The van der Waals surface area contributed by atoms with E-state index in [1.54, 1.807) is 11.3 Å². The molecule has 6 heteroatoms. The summed E-state index contributed by atoms with van der Waals surface area (Å²) in [5.41, 5.74) is 4.00. The van der Waals surface area contributed by atoms with Gasteiger partial charge in [-0.05, 0) is 52.7 Å². The van der Waals surface area contributed by atoms with Crippen LogP contribution in [0.15, 0.2) is 24.3 Å². The van der Waals surface area contributed by atoms with Gasteiger partial charge in [0.2, 0.25) is 0 Å². The van der Waals surface area contributed by atoms with E-state index >= 15 is 0 Å². The number of pyridine rings is 2. The fourth-order valence-electron chi connectivity index (χ4n) is 3.80. The molecule has 0 radical (unpaired) electrons. The molecule has 0 bridgehead atoms. The molecule has 0 unspecified atom stereocenters. The van der Waals surface area contributed by atoms with Crippen molar-refractivity contribution in [3.63, 3.8) is 0 Å². The zero-order valence-corrected chi connectivity index (χ0v) is 17.2. The van der Waals surface area contributed by atoms with E-state index in [1.165, 1.54) is 4.70 Å². The van der Waals surface area contributed by atoms with E-state index in [0.717, 1.165) is 59.4 Å². The molecule has 27 heavy (non-hydrogen) atoms. The van der Waals surface area contributed by atoms with Gasteiger partial charge in [0.15, 0.2) is 5.65 Å². The standard InChI is InChI=1S/C21H26N4OS/c1-13-11-18(12-14(2)22-13)26-17-7-9-25(10-8-17)15(3)19-5-6-20-21(24-19)23-16(4)27-20/h5-6,11-12,15,17H,7-10H2,1-4H3/t15-/m0/s1.